The molecule has 0 aliphatic carbocycles. The predicted octanol–water partition coefficient (Wildman–Crippen LogP) is 3.30. The molecule has 0 spiro atoms. The van der Waals surface area contributed by atoms with Gasteiger partial charge in [0.15, 0.2) is 5.96 Å². The van der Waals surface area contributed by atoms with Crippen LogP contribution >= 0.6 is 0 Å². The van der Waals surface area contributed by atoms with E-state index in [2.05, 4.69) is 25.9 Å². The highest BCUT2D eigenvalue weighted by molar-refractivity contribution is 6.04. The highest BCUT2D eigenvalue weighted by Crippen LogP contribution is 2.27. The van der Waals surface area contributed by atoms with Crippen molar-refractivity contribution in [1.29, 1.82) is 0 Å². The van der Waals surface area contributed by atoms with E-state index < -0.39 is 12.1 Å². The summed E-state index contributed by atoms with van der Waals surface area (Å²) in [6, 6.07) is 17.4. The van der Waals surface area contributed by atoms with Crippen LogP contribution < -0.4 is 20.7 Å². The maximum Gasteiger partial charge on any atom is 0.307 e. The number of rotatable bonds is 8. The van der Waals surface area contributed by atoms with Gasteiger partial charge in [0.1, 0.15) is 11.9 Å². The van der Waals surface area contributed by atoms with Gasteiger partial charge >= 0.3 is 5.97 Å². The van der Waals surface area contributed by atoms with Crippen molar-refractivity contribution in [3.63, 3.8) is 0 Å². The zero-order valence-electron chi connectivity index (χ0n) is 17.7. The molecule has 1 unspecified atom stereocenters. The van der Waals surface area contributed by atoms with Gasteiger partial charge in [0.25, 0.3) is 5.91 Å². The Morgan fingerprint density at radius 2 is 1.94 bits per heavy atom. The third-order valence-electron chi connectivity index (χ3n) is 4.87. The van der Waals surface area contributed by atoms with Gasteiger partial charge in [-0.3, -0.25) is 19.6 Å². The largest absolute Gasteiger partial charge is 0.485 e. The van der Waals surface area contributed by atoms with Crippen molar-refractivity contribution in [3.8, 4) is 5.75 Å². The molecular formula is C24H23N5O4. The van der Waals surface area contributed by atoms with Crippen LogP contribution in [0.25, 0.3) is 0 Å². The fourth-order valence-corrected chi connectivity index (χ4v) is 3.29. The molecular weight excluding hydrogens is 422 g/mol. The lowest BCUT2D eigenvalue weighted by Gasteiger charge is -2.18. The molecule has 2 aromatic carbocycles. The second-order valence-corrected chi connectivity index (χ2v) is 7.33. The molecule has 0 radical (unpaired) electrons. The summed E-state index contributed by atoms with van der Waals surface area (Å²) >= 11 is 0. The Labute approximate surface area is 190 Å². The van der Waals surface area contributed by atoms with Crippen LogP contribution in [0.4, 0.5) is 11.4 Å². The van der Waals surface area contributed by atoms with Gasteiger partial charge in [-0.1, -0.05) is 12.1 Å². The van der Waals surface area contributed by atoms with E-state index in [1.54, 1.807) is 73.1 Å². The van der Waals surface area contributed by atoms with Crippen molar-refractivity contribution in [2.24, 2.45) is 4.99 Å². The van der Waals surface area contributed by atoms with E-state index in [4.69, 9.17) is 4.74 Å². The number of aliphatic imine (C=N–C) groups is 1. The third-order valence-corrected chi connectivity index (χ3v) is 4.87. The average molecular weight is 445 g/mol. The number of guanidine groups is 1. The first-order valence-electron chi connectivity index (χ1n) is 10.4. The number of nitrogens with one attached hydrogen (secondary N) is 3. The second kappa shape index (κ2) is 10.3. The molecule has 168 valence electrons. The van der Waals surface area contributed by atoms with E-state index in [1.165, 1.54) is 0 Å². The molecule has 4 rings (SSSR count). The van der Waals surface area contributed by atoms with Crippen molar-refractivity contribution in [1.82, 2.24) is 10.3 Å². The first-order chi connectivity index (χ1) is 16.1. The molecule has 9 nitrogen and oxygen atoms in total. The number of hydrogen-bond donors (Lipinski definition) is 4. The summed E-state index contributed by atoms with van der Waals surface area (Å²) < 4.78 is 5.92. The zero-order chi connectivity index (χ0) is 23.0. The maximum absolute atomic E-state index is 12.7. The SMILES string of the molecule is O=C(O)CC(Oc1cccc(NC(=O)c2ccc(NC3=NCCN3)cc2)c1)c1cccnc1. The number of carboxylic acids is 1. The van der Waals surface area contributed by atoms with Gasteiger partial charge in [-0.15, -0.1) is 0 Å². The van der Waals surface area contributed by atoms with Gasteiger partial charge < -0.3 is 25.8 Å². The first kappa shape index (κ1) is 21.8. The van der Waals surface area contributed by atoms with E-state index in [9.17, 15) is 14.7 Å². The lowest BCUT2D eigenvalue weighted by atomic mass is 10.1. The minimum atomic E-state index is -0.984. The van der Waals surface area contributed by atoms with Crippen LogP contribution in [0.15, 0.2) is 78.0 Å². The van der Waals surface area contributed by atoms with Crippen LogP contribution in [-0.4, -0.2) is 41.0 Å². The minimum absolute atomic E-state index is 0.218. The quantitative estimate of drug-likeness (QED) is 0.419. The summed E-state index contributed by atoms with van der Waals surface area (Å²) in [6.45, 7) is 1.55. The van der Waals surface area contributed by atoms with E-state index in [0.29, 0.717) is 22.6 Å². The Morgan fingerprint density at radius 1 is 1.09 bits per heavy atom. The number of amides is 1. The summed E-state index contributed by atoms with van der Waals surface area (Å²) in [7, 11) is 0. The van der Waals surface area contributed by atoms with Crippen LogP contribution in [0, 0.1) is 0 Å². The van der Waals surface area contributed by atoms with Crippen molar-refractivity contribution in [2.75, 3.05) is 23.7 Å². The topological polar surface area (TPSA) is 125 Å². The Morgan fingerprint density at radius 3 is 2.64 bits per heavy atom. The number of anilines is 2. The molecule has 0 bridgehead atoms. The molecule has 0 saturated carbocycles. The van der Waals surface area contributed by atoms with Crippen LogP contribution in [0.2, 0.25) is 0 Å². The summed E-state index contributed by atoms with van der Waals surface area (Å²) in [4.78, 5) is 32.3. The summed E-state index contributed by atoms with van der Waals surface area (Å²) in [6.07, 6.45) is 2.26. The monoisotopic (exact) mass is 445 g/mol. The van der Waals surface area contributed by atoms with Crippen molar-refractivity contribution >= 4 is 29.2 Å². The Kier molecular flexibility index (Phi) is 6.79. The molecule has 4 N–H and O–H groups in total. The van der Waals surface area contributed by atoms with Crippen molar-refractivity contribution in [2.45, 2.75) is 12.5 Å². The number of ether oxygens (including phenoxy) is 1. The van der Waals surface area contributed by atoms with Gasteiger partial charge in [0.05, 0.1) is 13.0 Å². The molecule has 3 aromatic rings. The number of carbonyl (C=O) groups is 2. The number of benzene rings is 2. The fraction of sp³-hybridized carbons (Fsp3) is 0.167. The van der Waals surface area contributed by atoms with Gasteiger partial charge in [-0.05, 0) is 42.5 Å². The van der Waals surface area contributed by atoms with E-state index in [1.807, 2.05) is 0 Å². The predicted molar refractivity (Wildman–Crippen MR) is 125 cm³/mol. The average Bonchev–Trinajstić information content (AvgIpc) is 3.33. The molecule has 2 heterocycles. The highest BCUT2D eigenvalue weighted by atomic mass is 16.5. The number of aliphatic carboxylic acids is 1. The van der Waals surface area contributed by atoms with Crippen molar-refractivity contribution < 1.29 is 19.4 Å². The molecule has 1 atom stereocenters. The number of hydrogen-bond acceptors (Lipinski definition) is 7. The standard InChI is InChI=1S/C24H23N5O4/c30-22(31)14-21(17-3-2-10-25-15-17)33-20-5-1-4-19(13-20)28-23(32)16-6-8-18(9-7-16)29-24-26-11-12-27-24/h1-10,13,15,21H,11-12,14H2,(H,28,32)(H,30,31)(H2,26,27,29). The normalized spacial score (nSPS) is 13.4. The van der Waals surface area contributed by atoms with E-state index >= 15 is 0 Å². The summed E-state index contributed by atoms with van der Waals surface area (Å²) in [5.74, 6) is -0.102. The minimum Gasteiger partial charge on any atom is -0.485 e. The van der Waals surface area contributed by atoms with E-state index in [0.717, 1.165) is 24.7 Å². The van der Waals surface area contributed by atoms with Gasteiger partial charge in [-0.2, -0.15) is 0 Å². The van der Waals surface area contributed by atoms with Crippen LogP contribution in [0.1, 0.15) is 28.4 Å². The number of aromatic nitrogens is 1. The lowest BCUT2D eigenvalue weighted by molar-refractivity contribution is -0.138. The second-order valence-electron chi connectivity index (χ2n) is 7.33. The number of pyridine rings is 1. The van der Waals surface area contributed by atoms with Gasteiger partial charge in [0, 0.05) is 47.5 Å². The smallest absolute Gasteiger partial charge is 0.307 e. The third kappa shape index (κ3) is 6.07. The van der Waals surface area contributed by atoms with Crippen LogP contribution in [-0.2, 0) is 4.79 Å². The number of nitrogens with zero attached hydrogens (tertiary/aromatic N) is 2. The molecule has 1 aliphatic heterocycles. The lowest BCUT2D eigenvalue weighted by Crippen LogP contribution is -2.26. The number of carboxylic acid groups (broad SMARTS) is 1. The first-order valence-corrected chi connectivity index (χ1v) is 10.4. The van der Waals surface area contributed by atoms with Crippen molar-refractivity contribution in [3.05, 3.63) is 84.2 Å². The maximum atomic E-state index is 12.7. The van der Waals surface area contributed by atoms with Crippen LogP contribution in [0.3, 0.4) is 0 Å². The molecule has 0 saturated heterocycles. The van der Waals surface area contributed by atoms with Gasteiger partial charge in [-0.25, -0.2) is 0 Å². The molecule has 0 fully saturated rings. The molecule has 1 aromatic heterocycles. The number of carbonyl (C=O) groups excluding carboxylic acids is 1. The Balaban J connectivity index is 1.41. The van der Waals surface area contributed by atoms with Crippen LogP contribution in [0.5, 0.6) is 5.75 Å². The molecule has 1 aliphatic rings. The van der Waals surface area contributed by atoms with E-state index in [-0.39, 0.29) is 12.3 Å². The molecule has 9 heteroatoms. The van der Waals surface area contributed by atoms with Gasteiger partial charge in [0.2, 0.25) is 0 Å². The highest BCUT2D eigenvalue weighted by Gasteiger charge is 2.18. The fourth-order valence-electron chi connectivity index (χ4n) is 3.29. The summed E-state index contributed by atoms with van der Waals surface area (Å²) in [5, 5.41) is 18.4. The Hall–Kier alpha value is -4.40. The molecule has 33 heavy (non-hydrogen) atoms. The molecule has 1 amide bonds. The summed E-state index contributed by atoms with van der Waals surface area (Å²) in [5.41, 5.74) is 2.51. The Bertz CT molecular complexity index is 1150. The zero-order valence-corrected chi connectivity index (χ0v) is 17.7.